The Morgan fingerprint density at radius 1 is 1.43 bits per heavy atom. The summed E-state index contributed by atoms with van der Waals surface area (Å²) in [5, 5.41) is 10.5. The van der Waals surface area contributed by atoms with E-state index in [2.05, 4.69) is 0 Å². The number of rotatable bonds is 2. The molecule has 0 unspecified atom stereocenters. The van der Waals surface area contributed by atoms with Gasteiger partial charge in [0.25, 0.3) is 11.6 Å². The van der Waals surface area contributed by atoms with Crippen molar-refractivity contribution in [3.63, 3.8) is 0 Å². The first kappa shape index (κ1) is 10.6. The number of hydrogen-bond acceptors (Lipinski definition) is 2. The fourth-order valence-electron chi connectivity index (χ4n) is 1.08. The molecule has 0 saturated heterocycles. The normalized spacial score (nSPS) is 11.4. The maximum Gasteiger partial charge on any atom is 0.272 e. The van der Waals surface area contributed by atoms with Crippen LogP contribution in [0.5, 0.6) is 0 Å². The van der Waals surface area contributed by atoms with Crippen molar-refractivity contribution in [2.75, 3.05) is 0 Å². The van der Waals surface area contributed by atoms with Crippen molar-refractivity contribution < 1.29 is 13.7 Å². The van der Waals surface area contributed by atoms with Gasteiger partial charge in [-0.1, -0.05) is 12.1 Å². The predicted molar refractivity (Wildman–Crippen MR) is 47.4 cm³/mol. The van der Waals surface area contributed by atoms with Gasteiger partial charge in [0, 0.05) is 24.1 Å². The van der Waals surface area contributed by atoms with Gasteiger partial charge in [-0.2, -0.15) is 0 Å². The van der Waals surface area contributed by atoms with Crippen molar-refractivity contribution in [3.05, 3.63) is 39.4 Å². The van der Waals surface area contributed by atoms with Crippen LogP contribution in [-0.4, -0.2) is 4.92 Å². The topological polar surface area (TPSA) is 43.1 Å². The zero-order chi connectivity index (χ0) is 10.9. The number of nitro benzene ring substituents is 1. The molecular formula is C9H9F2NO2. The summed E-state index contributed by atoms with van der Waals surface area (Å²) in [5.74, 6) is -3.04. The zero-order valence-corrected chi connectivity index (χ0v) is 7.75. The minimum Gasteiger partial charge on any atom is -0.258 e. The van der Waals surface area contributed by atoms with Gasteiger partial charge in [0.15, 0.2) is 0 Å². The first-order chi connectivity index (χ1) is 6.32. The SMILES string of the molecule is Cc1ccc(C(C)(F)F)cc1[N+](=O)[O-]. The second kappa shape index (κ2) is 3.32. The smallest absolute Gasteiger partial charge is 0.258 e. The molecule has 0 saturated carbocycles. The maximum absolute atomic E-state index is 12.8. The molecule has 5 heteroatoms. The highest BCUT2D eigenvalue weighted by Gasteiger charge is 2.26. The number of halogens is 2. The average molecular weight is 201 g/mol. The van der Waals surface area contributed by atoms with Crippen LogP contribution in [-0.2, 0) is 5.92 Å². The summed E-state index contributed by atoms with van der Waals surface area (Å²) in [6.45, 7) is 2.22. The van der Waals surface area contributed by atoms with Gasteiger partial charge in [0.1, 0.15) is 0 Å². The van der Waals surface area contributed by atoms with Gasteiger partial charge in [-0.05, 0) is 6.92 Å². The van der Waals surface area contributed by atoms with Crippen LogP contribution in [0, 0.1) is 17.0 Å². The molecule has 14 heavy (non-hydrogen) atoms. The van der Waals surface area contributed by atoms with E-state index >= 15 is 0 Å². The van der Waals surface area contributed by atoms with E-state index in [1.807, 2.05) is 0 Å². The zero-order valence-electron chi connectivity index (χ0n) is 7.75. The molecule has 0 N–H and O–H groups in total. The molecule has 0 spiro atoms. The summed E-state index contributed by atoms with van der Waals surface area (Å²) in [4.78, 5) is 9.80. The van der Waals surface area contributed by atoms with E-state index in [0.29, 0.717) is 12.5 Å². The highest BCUT2D eigenvalue weighted by atomic mass is 19.3. The Hall–Kier alpha value is -1.52. The van der Waals surface area contributed by atoms with Crippen molar-refractivity contribution in [1.82, 2.24) is 0 Å². The molecule has 0 aliphatic heterocycles. The van der Waals surface area contributed by atoms with Gasteiger partial charge in [-0.3, -0.25) is 10.1 Å². The summed E-state index contributed by atoms with van der Waals surface area (Å²) in [6.07, 6.45) is 0. The fourth-order valence-corrected chi connectivity index (χ4v) is 1.08. The molecule has 0 aliphatic rings. The predicted octanol–water partition coefficient (Wildman–Crippen LogP) is 3.01. The lowest BCUT2D eigenvalue weighted by Gasteiger charge is -2.10. The molecule has 1 aromatic rings. The highest BCUT2D eigenvalue weighted by molar-refractivity contribution is 5.43. The van der Waals surface area contributed by atoms with Crippen LogP contribution in [0.2, 0.25) is 0 Å². The lowest BCUT2D eigenvalue weighted by Crippen LogP contribution is -2.07. The van der Waals surface area contributed by atoms with E-state index in [1.54, 1.807) is 0 Å². The van der Waals surface area contributed by atoms with Crippen LogP contribution < -0.4 is 0 Å². The van der Waals surface area contributed by atoms with Crippen molar-refractivity contribution in [2.45, 2.75) is 19.8 Å². The van der Waals surface area contributed by atoms with Crippen LogP contribution >= 0.6 is 0 Å². The number of alkyl halides is 2. The van der Waals surface area contributed by atoms with Crippen molar-refractivity contribution >= 4 is 5.69 Å². The van der Waals surface area contributed by atoms with Gasteiger partial charge in [-0.25, -0.2) is 8.78 Å². The fraction of sp³-hybridized carbons (Fsp3) is 0.333. The molecule has 76 valence electrons. The van der Waals surface area contributed by atoms with E-state index in [1.165, 1.54) is 19.1 Å². The van der Waals surface area contributed by atoms with Crippen LogP contribution in [0.3, 0.4) is 0 Å². The lowest BCUT2D eigenvalue weighted by molar-refractivity contribution is -0.385. The molecular weight excluding hydrogens is 192 g/mol. The number of aryl methyl sites for hydroxylation is 1. The molecule has 0 aromatic heterocycles. The van der Waals surface area contributed by atoms with E-state index in [-0.39, 0.29) is 11.3 Å². The lowest BCUT2D eigenvalue weighted by atomic mass is 10.1. The second-order valence-corrected chi connectivity index (χ2v) is 3.15. The Morgan fingerprint density at radius 3 is 2.43 bits per heavy atom. The largest absolute Gasteiger partial charge is 0.272 e. The molecule has 0 aliphatic carbocycles. The molecule has 1 rings (SSSR count). The molecule has 0 fully saturated rings. The third kappa shape index (κ3) is 2.04. The minimum absolute atomic E-state index is 0.274. The van der Waals surface area contributed by atoms with E-state index in [4.69, 9.17) is 0 Å². The summed E-state index contributed by atoms with van der Waals surface area (Å²) in [6, 6.07) is 3.43. The Morgan fingerprint density at radius 2 is 2.00 bits per heavy atom. The van der Waals surface area contributed by atoms with Crippen molar-refractivity contribution in [1.29, 1.82) is 0 Å². The van der Waals surface area contributed by atoms with Gasteiger partial charge >= 0.3 is 0 Å². The first-order valence-corrected chi connectivity index (χ1v) is 3.95. The second-order valence-electron chi connectivity index (χ2n) is 3.15. The minimum atomic E-state index is -3.04. The van der Waals surface area contributed by atoms with Gasteiger partial charge in [-0.15, -0.1) is 0 Å². The van der Waals surface area contributed by atoms with Crippen LogP contribution in [0.1, 0.15) is 18.1 Å². The Kier molecular flexibility index (Phi) is 2.51. The standard InChI is InChI=1S/C9H9F2NO2/c1-6-3-4-7(9(2,10)11)5-8(6)12(13)14/h3-5H,1-2H3. The Labute approximate surface area is 79.5 Å². The Balaban J connectivity index is 3.27. The van der Waals surface area contributed by atoms with Gasteiger partial charge in [0.2, 0.25) is 0 Å². The molecule has 1 aromatic carbocycles. The maximum atomic E-state index is 12.8. The molecule has 0 atom stereocenters. The van der Waals surface area contributed by atoms with Gasteiger partial charge < -0.3 is 0 Å². The van der Waals surface area contributed by atoms with Crippen molar-refractivity contribution in [2.24, 2.45) is 0 Å². The highest BCUT2D eigenvalue weighted by Crippen LogP contribution is 2.30. The molecule has 0 heterocycles. The number of hydrogen-bond donors (Lipinski definition) is 0. The summed E-state index contributed by atoms with van der Waals surface area (Å²) in [5.41, 5.74) is -0.234. The molecule has 0 amide bonds. The number of nitrogens with zero attached hydrogens (tertiary/aromatic N) is 1. The monoisotopic (exact) mass is 201 g/mol. The van der Waals surface area contributed by atoms with E-state index in [9.17, 15) is 18.9 Å². The summed E-state index contributed by atoms with van der Waals surface area (Å²) >= 11 is 0. The van der Waals surface area contributed by atoms with Crippen molar-refractivity contribution in [3.8, 4) is 0 Å². The van der Waals surface area contributed by atoms with Crippen LogP contribution in [0.4, 0.5) is 14.5 Å². The van der Waals surface area contributed by atoms with Crippen LogP contribution in [0.25, 0.3) is 0 Å². The third-order valence-electron chi connectivity index (χ3n) is 1.91. The third-order valence-corrected chi connectivity index (χ3v) is 1.91. The van der Waals surface area contributed by atoms with E-state index in [0.717, 1.165) is 6.07 Å². The van der Waals surface area contributed by atoms with Gasteiger partial charge in [0.05, 0.1) is 4.92 Å². The van der Waals surface area contributed by atoms with E-state index < -0.39 is 10.8 Å². The average Bonchev–Trinajstić information content (AvgIpc) is 2.02. The molecule has 0 radical (unpaired) electrons. The summed E-state index contributed by atoms with van der Waals surface area (Å²) < 4.78 is 25.6. The molecule has 0 bridgehead atoms. The van der Waals surface area contributed by atoms with Crippen LogP contribution in [0.15, 0.2) is 18.2 Å². The Bertz CT molecular complexity index is 372. The number of benzene rings is 1. The molecule has 3 nitrogen and oxygen atoms in total. The number of nitro groups is 1. The quantitative estimate of drug-likeness (QED) is 0.545. The first-order valence-electron chi connectivity index (χ1n) is 3.95. The summed E-state index contributed by atoms with van der Waals surface area (Å²) in [7, 11) is 0.